The molecule has 1 aromatic heterocycles. The molecule has 1 aromatic carbocycles. The molecule has 0 saturated heterocycles. The Bertz CT molecular complexity index is 906. The first-order chi connectivity index (χ1) is 13.2. The zero-order valence-electron chi connectivity index (χ0n) is 16.4. The zero-order chi connectivity index (χ0) is 20.8. The average Bonchev–Trinajstić information content (AvgIpc) is 2.87. The van der Waals surface area contributed by atoms with Crippen LogP contribution in [0.25, 0.3) is 6.08 Å². The first-order valence-corrected chi connectivity index (χ1v) is 9.70. The molecule has 0 unspecified atom stereocenters. The van der Waals surface area contributed by atoms with Crippen molar-refractivity contribution >= 4 is 46.8 Å². The molecule has 8 heteroatoms. The Hall–Kier alpha value is -2.31. The van der Waals surface area contributed by atoms with Gasteiger partial charge >= 0.3 is 0 Å². The van der Waals surface area contributed by atoms with Crippen LogP contribution in [-0.2, 0) is 16.6 Å². The number of anilines is 1. The van der Waals surface area contributed by atoms with E-state index in [9.17, 15) is 9.59 Å². The summed E-state index contributed by atoms with van der Waals surface area (Å²) in [4.78, 5) is 26.5. The first-order valence-electron chi connectivity index (χ1n) is 8.95. The highest BCUT2D eigenvalue weighted by atomic mass is 35.5. The Balaban J connectivity index is 2.09. The van der Waals surface area contributed by atoms with Crippen molar-refractivity contribution in [1.29, 1.82) is 0 Å². The lowest BCUT2D eigenvalue weighted by molar-refractivity contribution is -0.130. The fraction of sp³-hybridized carbons (Fsp3) is 0.350. The molecule has 0 aliphatic rings. The second kappa shape index (κ2) is 9.75. The number of hydrogen-bond acceptors (Lipinski definition) is 3. The van der Waals surface area contributed by atoms with E-state index in [4.69, 9.17) is 23.2 Å². The van der Waals surface area contributed by atoms with Gasteiger partial charge in [0.05, 0.1) is 16.4 Å². The minimum absolute atomic E-state index is 0.0785. The molecule has 1 N–H and O–H groups in total. The van der Waals surface area contributed by atoms with Crippen molar-refractivity contribution < 1.29 is 9.59 Å². The van der Waals surface area contributed by atoms with Gasteiger partial charge in [0.15, 0.2) is 0 Å². The van der Waals surface area contributed by atoms with Crippen LogP contribution in [0.2, 0.25) is 10.0 Å². The summed E-state index contributed by atoms with van der Waals surface area (Å²) in [5.41, 5.74) is 3.14. The van der Waals surface area contributed by atoms with E-state index < -0.39 is 0 Å². The number of amides is 2. The largest absolute Gasteiger partial charge is 0.330 e. The van der Waals surface area contributed by atoms with Crippen molar-refractivity contribution in [2.75, 3.05) is 18.4 Å². The van der Waals surface area contributed by atoms with E-state index in [0.717, 1.165) is 23.4 Å². The van der Waals surface area contributed by atoms with E-state index in [2.05, 4.69) is 10.4 Å². The smallest absolute Gasteiger partial charge is 0.247 e. The SMILES string of the molecule is CCCN(CC(=O)Nc1cc(Cl)ccc1Cl)C(=O)/C=C/c1c(C)nn(C)c1C. The highest BCUT2D eigenvalue weighted by Gasteiger charge is 2.16. The minimum Gasteiger partial charge on any atom is -0.330 e. The summed E-state index contributed by atoms with van der Waals surface area (Å²) in [7, 11) is 1.86. The molecule has 2 rings (SSSR count). The molecule has 6 nitrogen and oxygen atoms in total. The Morgan fingerprint density at radius 2 is 2.00 bits per heavy atom. The van der Waals surface area contributed by atoms with Crippen LogP contribution < -0.4 is 5.32 Å². The molecule has 0 spiro atoms. The molecule has 0 atom stereocenters. The molecule has 0 saturated carbocycles. The minimum atomic E-state index is -0.340. The number of carbonyl (C=O) groups is 2. The van der Waals surface area contributed by atoms with Gasteiger partial charge in [0.2, 0.25) is 11.8 Å². The Morgan fingerprint density at radius 1 is 1.29 bits per heavy atom. The van der Waals surface area contributed by atoms with Gasteiger partial charge in [0.1, 0.15) is 6.54 Å². The summed E-state index contributed by atoms with van der Waals surface area (Å²) >= 11 is 12.0. The Kier molecular flexibility index (Phi) is 7.66. The van der Waals surface area contributed by atoms with Crippen molar-refractivity contribution in [2.24, 2.45) is 7.05 Å². The van der Waals surface area contributed by atoms with Crippen molar-refractivity contribution in [2.45, 2.75) is 27.2 Å². The van der Waals surface area contributed by atoms with E-state index >= 15 is 0 Å². The first kappa shape index (κ1) is 22.0. The van der Waals surface area contributed by atoms with Crippen LogP contribution in [0.15, 0.2) is 24.3 Å². The highest BCUT2D eigenvalue weighted by Crippen LogP contribution is 2.25. The Morgan fingerprint density at radius 3 is 2.61 bits per heavy atom. The lowest BCUT2D eigenvalue weighted by Gasteiger charge is -2.20. The summed E-state index contributed by atoms with van der Waals surface area (Å²) < 4.78 is 1.77. The van der Waals surface area contributed by atoms with E-state index in [0.29, 0.717) is 22.3 Å². The maximum absolute atomic E-state index is 12.6. The number of nitrogens with one attached hydrogen (secondary N) is 1. The lowest BCUT2D eigenvalue weighted by atomic mass is 10.2. The third kappa shape index (κ3) is 5.59. The second-order valence-electron chi connectivity index (χ2n) is 6.47. The van der Waals surface area contributed by atoms with E-state index in [1.165, 1.54) is 11.0 Å². The molecular formula is C20H24Cl2N4O2. The fourth-order valence-electron chi connectivity index (χ4n) is 2.78. The predicted octanol–water partition coefficient (Wildman–Crippen LogP) is 4.23. The number of carbonyl (C=O) groups excluding carboxylic acids is 2. The van der Waals surface area contributed by atoms with Gasteiger partial charge < -0.3 is 10.2 Å². The van der Waals surface area contributed by atoms with Crippen molar-refractivity contribution in [3.8, 4) is 0 Å². The number of hydrogen-bond donors (Lipinski definition) is 1. The van der Waals surface area contributed by atoms with Crippen LogP contribution in [0.4, 0.5) is 5.69 Å². The van der Waals surface area contributed by atoms with Gasteiger partial charge in [-0.15, -0.1) is 0 Å². The molecule has 0 aliphatic carbocycles. The van der Waals surface area contributed by atoms with Crippen LogP contribution in [-0.4, -0.2) is 39.6 Å². The number of halogens is 2. The molecule has 28 heavy (non-hydrogen) atoms. The summed E-state index contributed by atoms with van der Waals surface area (Å²) in [6, 6.07) is 4.82. The van der Waals surface area contributed by atoms with E-state index in [1.54, 1.807) is 29.0 Å². The Labute approximate surface area is 175 Å². The summed E-state index contributed by atoms with van der Waals surface area (Å²) in [6.45, 7) is 6.17. The number of nitrogens with zero attached hydrogens (tertiary/aromatic N) is 3. The van der Waals surface area contributed by atoms with Crippen LogP contribution in [0.3, 0.4) is 0 Å². The van der Waals surface area contributed by atoms with Gasteiger partial charge in [-0.3, -0.25) is 14.3 Å². The molecule has 2 amide bonds. The average molecular weight is 423 g/mol. The van der Waals surface area contributed by atoms with Crippen LogP contribution >= 0.6 is 23.2 Å². The number of aromatic nitrogens is 2. The normalized spacial score (nSPS) is 11.1. The van der Waals surface area contributed by atoms with Crippen LogP contribution in [0, 0.1) is 13.8 Å². The molecular weight excluding hydrogens is 399 g/mol. The van der Waals surface area contributed by atoms with Crippen LogP contribution in [0.5, 0.6) is 0 Å². The molecule has 0 radical (unpaired) electrons. The molecule has 0 fully saturated rings. The highest BCUT2D eigenvalue weighted by molar-refractivity contribution is 6.35. The number of rotatable bonds is 7. The van der Waals surface area contributed by atoms with E-state index in [1.807, 2.05) is 27.8 Å². The van der Waals surface area contributed by atoms with Gasteiger partial charge in [-0.1, -0.05) is 30.1 Å². The second-order valence-corrected chi connectivity index (χ2v) is 7.32. The summed E-state index contributed by atoms with van der Waals surface area (Å²) in [5, 5.41) is 7.88. The van der Waals surface area contributed by atoms with Crippen molar-refractivity contribution in [1.82, 2.24) is 14.7 Å². The monoisotopic (exact) mass is 422 g/mol. The van der Waals surface area contributed by atoms with Gasteiger partial charge in [-0.25, -0.2) is 0 Å². The maximum Gasteiger partial charge on any atom is 0.247 e. The van der Waals surface area contributed by atoms with Gasteiger partial charge in [0, 0.05) is 35.9 Å². The molecule has 0 bridgehead atoms. The van der Waals surface area contributed by atoms with Gasteiger partial charge in [-0.2, -0.15) is 5.10 Å². The van der Waals surface area contributed by atoms with Gasteiger partial charge in [0.25, 0.3) is 0 Å². The maximum atomic E-state index is 12.6. The number of aryl methyl sites for hydroxylation is 2. The van der Waals surface area contributed by atoms with Crippen molar-refractivity contribution in [3.05, 3.63) is 51.3 Å². The predicted molar refractivity (Wildman–Crippen MR) is 114 cm³/mol. The lowest BCUT2D eigenvalue weighted by Crippen LogP contribution is -2.37. The third-order valence-corrected chi connectivity index (χ3v) is 4.86. The number of benzene rings is 1. The van der Waals surface area contributed by atoms with Crippen LogP contribution in [0.1, 0.15) is 30.3 Å². The molecule has 2 aromatic rings. The molecule has 0 aliphatic heterocycles. The topological polar surface area (TPSA) is 67.2 Å². The third-order valence-electron chi connectivity index (χ3n) is 4.30. The van der Waals surface area contributed by atoms with E-state index in [-0.39, 0.29) is 18.4 Å². The summed E-state index contributed by atoms with van der Waals surface area (Å²) in [6.07, 6.45) is 3.95. The zero-order valence-corrected chi connectivity index (χ0v) is 17.9. The standard InChI is InChI=1S/C20H24Cl2N4O2/c1-5-10-26(12-19(27)23-18-11-15(21)6-8-17(18)22)20(28)9-7-16-13(2)24-25(4)14(16)3/h6-9,11H,5,10,12H2,1-4H3,(H,23,27)/b9-7+. The van der Waals surface area contributed by atoms with Crippen molar-refractivity contribution in [3.63, 3.8) is 0 Å². The van der Waals surface area contributed by atoms with Gasteiger partial charge in [-0.05, 0) is 44.5 Å². The summed E-state index contributed by atoms with van der Waals surface area (Å²) in [5.74, 6) is -0.579. The molecule has 1 heterocycles. The molecule has 150 valence electrons. The fourth-order valence-corrected chi connectivity index (χ4v) is 3.12. The quantitative estimate of drug-likeness (QED) is 0.678.